The highest BCUT2D eigenvalue weighted by Crippen LogP contribution is 2.60. The standard InChI is InChI=1S/C12H15N/c1-8-3-2-4-9-10(13)7-12(5-6-12)11(8)9/h2-4,10H,5-7,13H2,1H3. The molecule has 13 heavy (non-hydrogen) atoms. The van der Waals surface area contributed by atoms with Gasteiger partial charge >= 0.3 is 0 Å². The van der Waals surface area contributed by atoms with E-state index >= 15 is 0 Å². The Labute approximate surface area is 78.9 Å². The topological polar surface area (TPSA) is 26.0 Å². The fourth-order valence-corrected chi connectivity index (χ4v) is 2.96. The molecule has 2 aliphatic carbocycles. The van der Waals surface area contributed by atoms with Crippen LogP contribution in [0.2, 0.25) is 0 Å². The molecule has 1 atom stereocenters. The molecule has 0 aromatic heterocycles. The van der Waals surface area contributed by atoms with Crippen molar-refractivity contribution in [2.24, 2.45) is 5.73 Å². The van der Waals surface area contributed by atoms with E-state index in [-0.39, 0.29) is 0 Å². The monoisotopic (exact) mass is 173 g/mol. The Morgan fingerprint density at radius 3 is 2.85 bits per heavy atom. The molecule has 2 aliphatic rings. The van der Waals surface area contributed by atoms with E-state index in [0.29, 0.717) is 11.5 Å². The van der Waals surface area contributed by atoms with Crippen LogP contribution in [0.3, 0.4) is 0 Å². The summed E-state index contributed by atoms with van der Waals surface area (Å²) in [5.41, 5.74) is 11.1. The second kappa shape index (κ2) is 2.16. The highest BCUT2D eigenvalue weighted by atomic mass is 14.7. The molecular formula is C12H15N. The minimum Gasteiger partial charge on any atom is -0.324 e. The molecule has 0 radical (unpaired) electrons. The Kier molecular flexibility index (Phi) is 1.26. The highest BCUT2D eigenvalue weighted by Gasteiger charge is 2.51. The van der Waals surface area contributed by atoms with Gasteiger partial charge in [0.15, 0.2) is 0 Å². The van der Waals surface area contributed by atoms with Crippen LogP contribution in [0.4, 0.5) is 0 Å². The van der Waals surface area contributed by atoms with Crippen LogP contribution in [0, 0.1) is 6.92 Å². The van der Waals surface area contributed by atoms with Crippen molar-refractivity contribution in [2.75, 3.05) is 0 Å². The van der Waals surface area contributed by atoms with Crippen LogP contribution in [-0.4, -0.2) is 0 Å². The largest absolute Gasteiger partial charge is 0.324 e. The smallest absolute Gasteiger partial charge is 0.0306 e. The van der Waals surface area contributed by atoms with Crippen LogP contribution in [0.15, 0.2) is 18.2 Å². The van der Waals surface area contributed by atoms with Crippen molar-refractivity contribution in [2.45, 2.75) is 37.6 Å². The van der Waals surface area contributed by atoms with Gasteiger partial charge in [-0.3, -0.25) is 0 Å². The quantitative estimate of drug-likeness (QED) is 0.640. The van der Waals surface area contributed by atoms with Crippen molar-refractivity contribution in [3.8, 4) is 0 Å². The molecule has 2 N–H and O–H groups in total. The number of fused-ring (bicyclic) bond motifs is 2. The zero-order valence-corrected chi connectivity index (χ0v) is 8.01. The summed E-state index contributed by atoms with van der Waals surface area (Å²) >= 11 is 0. The minimum atomic E-state index is 0.303. The summed E-state index contributed by atoms with van der Waals surface area (Å²) in [6, 6.07) is 6.87. The first-order chi connectivity index (χ1) is 6.23. The molecule has 1 spiro atoms. The molecule has 0 heterocycles. The molecule has 68 valence electrons. The van der Waals surface area contributed by atoms with E-state index in [4.69, 9.17) is 5.73 Å². The van der Waals surface area contributed by atoms with Crippen molar-refractivity contribution < 1.29 is 0 Å². The second-order valence-corrected chi connectivity index (χ2v) is 4.63. The van der Waals surface area contributed by atoms with E-state index in [9.17, 15) is 0 Å². The number of hydrogen-bond donors (Lipinski definition) is 1. The lowest BCUT2D eigenvalue weighted by Gasteiger charge is -2.10. The molecule has 1 saturated carbocycles. The van der Waals surface area contributed by atoms with Crippen LogP contribution >= 0.6 is 0 Å². The molecule has 1 unspecified atom stereocenters. The summed E-state index contributed by atoms with van der Waals surface area (Å²) in [5.74, 6) is 0. The zero-order valence-electron chi connectivity index (χ0n) is 8.01. The predicted octanol–water partition coefficient (Wildman–Crippen LogP) is 2.43. The van der Waals surface area contributed by atoms with Gasteiger partial charge in [0.2, 0.25) is 0 Å². The highest BCUT2D eigenvalue weighted by molar-refractivity contribution is 5.50. The summed E-state index contributed by atoms with van der Waals surface area (Å²) < 4.78 is 0. The summed E-state index contributed by atoms with van der Waals surface area (Å²) in [5, 5.41) is 0. The van der Waals surface area contributed by atoms with E-state index in [0.717, 1.165) is 0 Å². The van der Waals surface area contributed by atoms with Gasteiger partial charge in [-0.05, 0) is 48.3 Å². The maximum absolute atomic E-state index is 6.13. The molecule has 1 aromatic rings. The predicted molar refractivity (Wildman–Crippen MR) is 53.6 cm³/mol. The first-order valence-corrected chi connectivity index (χ1v) is 5.08. The first-order valence-electron chi connectivity index (χ1n) is 5.08. The number of aryl methyl sites for hydroxylation is 1. The summed E-state index contributed by atoms with van der Waals surface area (Å²) in [6.07, 6.45) is 3.91. The van der Waals surface area contributed by atoms with Gasteiger partial charge in [-0.25, -0.2) is 0 Å². The lowest BCUT2D eigenvalue weighted by atomic mass is 9.94. The van der Waals surface area contributed by atoms with E-state index in [2.05, 4.69) is 25.1 Å². The van der Waals surface area contributed by atoms with Gasteiger partial charge in [-0.2, -0.15) is 0 Å². The van der Waals surface area contributed by atoms with Crippen molar-refractivity contribution in [1.29, 1.82) is 0 Å². The molecule has 0 amide bonds. The van der Waals surface area contributed by atoms with Crippen molar-refractivity contribution >= 4 is 0 Å². The van der Waals surface area contributed by atoms with E-state index < -0.39 is 0 Å². The molecule has 1 aromatic carbocycles. The molecule has 0 aliphatic heterocycles. The van der Waals surface area contributed by atoms with E-state index in [1.807, 2.05) is 0 Å². The van der Waals surface area contributed by atoms with Crippen LogP contribution in [-0.2, 0) is 5.41 Å². The maximum atomic E-state index is 6.13. The third-order valence-corrected chi connectivity index (χ3v) is 3.70. The normalized spacial score (nSPS) is 27.7. The van der Waals surface area contributed by atoms with Crippen LogP contribution in [0.5, 0.6) is 0 Å². The minimum absolute atomic E-state index is 0.303. The fourth-order valence-electron chi connectivity index (χ4n) is 2.96. The Morgan fingerprint density at radius 1 is 1.38 bits per heavy atom. The van der Waals surface area contributed by atoms with Crippen molar-refractivity contribution in [3.05, 3.63) is 34.9 Å². The lowest BCUT2D eigenvalue weighted by Crippen LogP contribution is -2.07. The van der Waals surface area contributed by atoms with Crippen molar-refractivity contribution in [3.63, 3.8) is 0 Å². The molecule has 1 nitrogen and oxygen atoms in total. The fraction of sp³-hybridized carbons (Fsp3) is 0.500. The molecule has 1 heteroatoms. The molecular weight excluding hydrogens is 158 g/mol. The number of hydrogen-bond acceptors (Lipinski definition) is 1. The van der Waals surface area contributed by atoms with E-state index in [1.54, 1.807) is 5.56 Å². The Bertz CT molecular complexity index is 363. The first kappa shape index (κ1) is 7.57. The molecule has 0 bridgehead atoms. The maximum Gasteiger partial charge on any atom is 0.0306 e. The third kappa shape index (κ3) is 0.856. The van der Waals surface area contributed by atoms with Crippen LogP contribution < -0.4 is 5.73 Å². The number of benzene rings is 1. The molecule has 3 rings (SSSR count). The molecule has 1 fully saturated rings. The summed E-state index contributed by atoms with van der Waals surface area (Å²) in [7, 11) is 0. The lowest BCUT2D eigenvalue weighted by molar-refractivity contribution is 0.595. The average Bonchev–Trinajstić information content (AvgIpc) is 2.78. The van der Waals surface area contributed by atoms with Crippen molar-refractivity contribution in [1.82, 2.24) is 0 Å². The zero-order chi connectivity index (χ0) is 9.05. The van der Waals surface area contributed by atoms with Crippen LogP contribution in [0.1, 0.15) is 42.0 Å². The van der Waals surface area contributed by atoms with Gasteiger partial charge in [0.25, 0.3) is 0 Å². The van der Waals surface area contributed by atoms with Gasteiger partial charge in [-0.15, -0.1) is 0 Å². The summed E-state index contributed by atoms with van der Waals surface area (Å²) in [6.45, 7) is 2.22. The Morgan fingerprint density at radius 2 is 2.15 bits per heavy atom. The van der Waals surface area contributed by atoms with Gasteiger partial charge in [0.05, 0.1) is 0 Å². The summed E-state index contributed by atoms with van der Waals surface area (Å²) in [4.78, 5) is 0. The van der Waals surface area contributed by atoms with Gasteiger partial charge in [0.1, 0.15) is 0 Å². The Hall–Kier alpha value is -0.820. The van der Waals surface area contributed by atoms with Crippen LogP contribution in [0.25, 0.3) is 0 Å². The van der Waals surface area contributed by atoms with Gasteiger partial charge in [0, 0.05) is 6.04 Å². The third-order valence-electron chi connectivity index (χ3n) is 3.70. The number of nitrogens with two attached hydrogens (primary N) is 1. The average molecular weight is 173 g/mol. The van der Waals surface area contributed by atoms with Gasteiger partial charge < -0.3 is 5.73 Å². The number of rotatable bonds is 0. The van der Waals surface area contributed by atoms with Gasteiger partial charge in [-0.1, -0.05) is 18.2 Å². The molecule has 0 saturated heterocycles. The SMILES string of the molecule is Cc1cccc2c1C1(CC1)CC2N. The Balaban J connectivity index is 2.26. The second-order valence-electron chi connectivity index (χ2n) is 4.63. The van der Waals surface area contributed by atoms with E-state index in [1.165, 1.54) is 30.4 Å².